The number of rotatable bonds is 7. The van der Waals surface area contributed by atoms with Gasteiger partial charge in [-0.3, -0.25) is 10.1 Å². The zero-order valence-electron chi connectivity index (χ0n) is 14.5. The van der Waals surface area contributed by atoms with Gasteiger partial charge in [0.15, 0.2) is 0 Å². The number of aromatic nitrogens is 1. The largest absolute Gasteiger partial charge is 0.352 e. The van der Waals surface area contributed by atoms with Gasteiger partial charge in [0, 0.05) is 17.4 Å². The van der Waals surface area contributed by atoms with E-state index in [0.717, 1.165) is 23.3 Å². The molecule has 0 aliphatic heterocycles. The van der Waals surface area contributed by atoms with E-state index in [2.05, 4.69) is 40.7 Å². The fourth-order valence-electron chi connectivity index (χ4n) is 2.84. The van der Waals surface area contributed by atoms with Gasteiger partial charge in [-0.1, -0.05) is 48.5 Å². The van der Waals surface area contributed by atoms with Crippen LogP contribution in [-0.2, 0) is 11.2 Å². The Hall–Kier alpha value is -2.88. The summed E-state index contributed by atoms with van der Waals surface area (Å²) in [6.07, 6.45) is 1.29. The monoisotopic (exact) mass is 334 g/mol. The Bertz CT molecular complexity index is 846. The number of aryl methyl sites for hydroxylation is 2. The fraction of sp³-hybridized carbons (Fsp3) is 0.238. The zero-order chi connectivity index (χ0) is 17.5. The molecule has 0 saturated carbocycles. The molecule has 3 rings (SSSR count). The minimum absolute atomic E-state index is 0.0878. The van der Waals surface area contributed by atoms with Crippen LogP contribution in [0.4, 0.5) is 5.82 Å². The van der Waals surface area contributed by atoms with Crippen molar-refractivity contribution in [3.8, 4) is 0 Å². The van der Waals surface area contributed by atoms with Gasteiger partial charge < -0.3 is 5.32 Å². The first kappa shape index (κ1) is 17.0. The van der Waals surface area contributed by atoms with Gasteiger partial charge in [-0.15, -0.1) is 0 Å². The van der Waals surface area contributed by atoms with Gasteiger partial charge in [0.05, 0.1) is 6.54 Å². The van der Waals surface area contributed by atoms with E-state index in [0.29, 0.717) is 19.5 Å². The number of fused-ring (bicyclic) bond motifs is 1. The van der Waals surface area contributed by atoms with E-state index < -0.39 is 0 Å². The van der Waals surface area contributed by atoms with Gasteiger partial charge >= 0.3 is 0 Å². The lowest BCUT2D eigenvalue weighted by Crippen LogP contribution is -2.30. The molecule has 0 bridgehead atoms. The summed E-state index contributed by atoms with van der Waals surface area (Å²) in [6, 6.07) is 20.5. The first-order valence-electron chi connectivity index (χ1n) is 8.68. The summed E-state index contributed by atoms with van der Waals surface area (Å²) in [5.41, 5.74) is 3.45. The number of benzene rings is 2. The highest BCUT2D eigenvalue weighted by atomic mass is 16.1. The molecule has 2 aromatic carbocycles. The first-order valence-corrected chi connectivity index (χ1v) is 8.68. The van der Waals surface area contributed by atoms with Crippen LogP contribution in [0.15, 0.2) is 60.7 Å². The Kier molecular flexibility index (Phi) is 5.62. The second kappa shape index (κ2) is 8.29. The molecule has 3 aromatic rings. The quantitative estimate of drug-likeness (QED) is 0.652. The highest BCUT2D eigenvalue weighted by Gasteiger charge is 2.09. The number of carbonyl (C=O) groups is 1. The Balaban J connectivity index is 1.44. The molecule has 1 heterocycles. The van der Waals surface area contributed by atoms with Crippen molar-refractivity contribution in [3.05, 3.63) is 71.8 Å². The second-order valence-electron chi connectivity index (χ2n) is 6.18. The molecule has 25 heavy (non-hydrogen) atoms. The van der Waals surface area contributed by atoms with Crippen molar-refractivity contribution in [2.45, 2.75) is 19.8 Å². The lowest BCUT2D eigenvalue weighted by molar-refractivity contribution is -0.327. The molecule has 0 spiro atoms. The topological polar surface area (TPSA) is 55.3 Å². The van der Waals surface area contributed by atoms with Crippen LogP contribution >= 0.6 is 0 Å². The van der Waals surface area contributed by atoms with Crippen LogP contribution < -0.4 is 15.6 Å². The minimum atomic E-state index is 0.0878. The molecular weight excluding hydrogens is 310 g/mol. The predicted octanol–water partition coefficient (Wildman–Crippen LogP) is 3.12. The fourth-order valence-corrected chi connectivity index (χ4v) is 2.84. The van der Waals surface area contributed by atoms with Crippen molar-refractivity contribution in [1.82, 2.24) is 5.32 Å². The normalized spacial score (nSPS) is 10.6. The first-order chi connectivity index (χ1) is 12.2. The number of nitrogens with one attached hydrogen (secondary N) is 3. The molecule has 0 unspecified atom stereocenters. The van der Waals surface area contributed by atoms with Crippen molar-refractivity contribution < 1.29 is 9.78 Å². The molecule has 4 heteroatoms. The summed E-state index contributed by atoms with van der Waals surface area (Å²) in [6.45, 7) is 3.37. The second-order valence-corrected chi connectivity index (χ2v) is 6.18. The summed E-state index contributed by atoms with van der Waals surface area (Å²) in [5.74, 6) is 1.09. The summed E-state index contributed by atoms with van der Waals surface area (Å²) in [5, 5.41) is 7.52. The highest BCUT2D eigenvalue weighted by Crippen LogP contribution is 2.15. The van der Waals surface area contributed by atoms with E-state index in [1.165, 1.54) is 10.9 Å². The molecule has 0 radical (unpaired) electrons. The van der Waals surface area contributed by atoms with Gasteiger partial charge in [0.2, 0.25) is 5.91 Å². The number of hydrogen-bond donors (Lipinski definition) is 2. The molecule has 0 saturated heterocycles. The van der Waals surface area contributed by atoms with Crippen molar-refractivity contribution in [2.24, 2.45) is 0 Å². The summed E-state index contributed by atoms with van der Waals surface area (Å²) in [7, 11) is 0. The molecule has 0 aliphatic rings. The van der Waals surface area contributed by atoms with Crippen LogP contribution in [0.2, 0.25) is 0 Å². The van der Waals surface area contributed by atoms with Crippen molar-refractivity contribution in [3.63, 3.8) is 0 Å². The van der Waals surface area contributed by atoms with E-state index in [9.17, 15) is 4.79 Å². The molecule has 4 nitrogen and oxygen atoms in total. The third kappa shape index (κ3) is 4.80. The van der Waals surface area contributed by atoms with Crippen LogP contribution in [0.3, 0.4) is 0 Å². The SMILES string of the molecule is Cc1cc2ccccc2[nH+]c1NCCNC(=O)CCc1ccccc1. The average molecular weight is 334 g/mol. The van der Waals surface area contributed by atoms with Crippen molar-refractivity contribution in [2.75, 3.05) is 18.4 Å². The van der Waals surface area contributed by atoms with Crippen molar-refractivity contribution in [1.29, 1.82) is 0 Å². The number of pyridine rings is 1. The number of carbonyl (C=O) groups excluding carboxylic acids is 1. The number of hydrogen-bond acceptors (Lipinski definition) is 2. The maximum Gasteiger partial charge on any atom is 0.275 e. The molecule has 1 amide bonds. The Morgan fingerprint density at radius 1 is 1.00 bits per heavy atom. The lowest BCUT2D eigenvalue weighted by Gasteiger charge is -2.06. The molecule has 1 aromatic heterocycles. The van der Waals surface area contributed by atoms with Gasteiger partial charge in [-0.25, -0.2) is 4.98 Å². The van der Waals surface area contributed by atoms with Crippen LogP contribution in [0.25, 0.3) is 10.9 Å². The Labute approximate surface area is 148 Å². The Morgan fingerprint density at radius 3 is 2.60 bits per heavy atom. The van der Waals surface area contributed by atoms with Gasteiger partial charge in [0.1, 0.15) is 12.1 Å². The highest BCUT2D eigenvalue weighted by molar-refractivity contribution is 5.77. The smallest absolute Gasteiger partial charge is 0.275 e. The Morgan fingerprint density at radius 2 is 1.76 bits per heavy atom. The van der Waals surface area contributed by atoms with Crippen molar-refractivity contribution >= 4 is 22.6 Å². The molecule has 3 N–H and O–H groups in total. The summed E-state index contributed by atoms with van der Waals surface area (Å²) in [4.78, 5) is 15.3. The number of aromatic amines is 1. The van der Waals surface area contributed by atoms with Crippen LogP contribution in [-0.4, -0.2) is 19.0 Å². The van der Waals surface area contributed by atoms with Crippen LogP contribution in [0.5, 0.6) is 0 Å². The molecular formula is C21H24N3O+. The van der Waals surface area contributed by atoms with Crippen LogP contribution in [0, 0.1) is 6.92 Å². The van der Waals surface area contributed by atoms with Gasteiger partial charge in [-0.2, -0.15) is 0 Å². The maximum absolute atomic E-state index is 11.9. The van der Waals surface area contributed by atoms with E-state index in [4.69, 9.17) is 0 Å². The maximum atomic E-state index is 11.9. The van der Waals surface area contributed by atoms with E-state index in [1.54, 1.807) is 0 Å². The van der Waals surface area contributed by atoms with E-state index in [-0.39, 0.29) is 5.91 Å². The number of H-pyrrole nitrogens is 1. The summed E-state index contributed by atoms with van der Waals surface area (Å²) < 4.78 is 0. The minimum Gasteiger partial charge on any atom is -0.352 e. The van der Waals surface area contributed by atoms with Gasteiger partial charge in [0.25, 0.3) is 5.82 Å². The lowest BCUT2D eigenvalue weighted by atomic mass is 10.1. The molecule has 0 atom stereocenters. The molecule has 0 fully saturated rings. The number of anilines is 1. The zero-order valence-corrected chi connectivity index (χ0v) is 14.5. The van der Waals surface area contributed by atoms with E-state index >= 15 is 0 Å². The number of amides is 1. The third-order valence-electron chi connectivity index (χ3n) is 4.22. The van der Waals surface area contributed by atoms with Gasteiger partial charge in [-0.05, 0) is 31.0 Å². The predicted molar refractivity (Wildman–Crippen MR) is 102 cm³/mol. The van der Waals surface area contributed by atoms with Crippen LogP contribution in [0.1, 0.15) is 17.5 Å². The standard InChI is InChI=1S/C21H23N3O/c1-16-15-18-9-5-6-10-19(18)24-21(16)23-14-13-22-20(25)12-11-17-7-3-2-4-8-17/h2-10,15H,11-14H2,1H3,(H,22,25)(H,23,24)/p+1. The number of para-hydroxylation sites is 1. The molecule has 0 aliphatic carbocycles. The average Bonchev–Trinajstić information content (AvgIpc) is 2.64. The molecule has 128 valence electrons. The third-order valence-corrected chi connectivity index (χ3v) is 4.22. The van der Waals surface area contributed by atoms with E-state index in [1.807, 2.05) is 42.5 Å². The summed E-state index contributed by atoms with van der Waals surface area (Å²) >= 11 is 0.